The quantitative estimate of drug-likeness (QED) is 0.651. The highest BCUT2D eigenvalue weighted by molar-refractivity contribution is 7.90. The second-order valence-corrected chi connectivity index (χ2v) is 7.32. The Morgan fingerprint density at radius 2 is 1.92 bits per heavy atom. The molecule has 0 bridgehead atoms. The van der Waals surface area contributed by atoms with Crippen molar-refractivity contribution in [1.82, 2.24) is 19.5 Å². The molecule has 0 amide bonds. The van der Waals surface area contributed by atoms with Crippen LogP contribution in [0.2, 0.25) is 0 Å². The van der Waals surface area contributed by atoms with Crippen molar-refractivity contribution in [2.75, 3.05) is 6.26 Å². The average molecular weight is 364 g/mol. The van der Waals surface area contributed by atoms with E-state index in [0.29, 0.717) is 22.4 Å². The van der Waals surface area contributed by atoms with E-state index in [1.807, 2.05) is 0 Å². The number of hydrogen-bond acceptors (Lipinski definition) is 5. The predicted octanol–water partition coefficient (Wildman–Crippen LogP) is 2.68. The number of hydrogen-bond donors (Lipinski definition) is 0. The molecule has 0 aliphatic rings. The van der Waals surface area contributed by atoms with Crippen LogP contribution < -0.4 is 0 Å². The topological polar surface area (TPSA) is 77.7 Å². The lowest BCUT2D eigenvalue weighted by Crippen LogP contribution is -2.04. The maximum atomic E-state index is 12.7. The van der Waals surface area contributed by atoms with Crippen LogP contribution >= 0.6 is 0 Å². The van der Waals surface area contributed by atoms with Crippen molar-refractivity contribution >= 4 is 9.84 Å². The van der Waals surface area contributed by atoms with E-state index >= 15 is 0 Å². The van der Waals surface area contributed by atoms with E-state index in [0.717, 1.165) is 6.26 Å². The Bertz CT molecular complexity index is 988. The van der Waals surface area contributed by atoms with Gasteiger partial charge in [0, 0.05) is 53.9 Å². The van der Waals surface area contributed by atoms with Gasteiger partial charge in [0.2, 0.25) is 15.0 Å². The van der Waals surface area contributed by atoms with Gasteiger partial charge in [0.25, 0.3) is 6.43 Å². The summed E-state index contributed by atoms with van der Waals surface area (Å²) in [5.74, 6) is 0. The molecule has 3 heterocycles. The van der Waals surface area contributed by atoms with E-state index in [9.17, 15) is 17.2 Å². The van der Waals surface area contributed by atoms with Crippen molar-refractivity contribution < 1.29 is 17.2 Å². The first-order chi connectivity index (χ1) is 11.8. The minimum absolute atomic E-state index is 0.316. The number of halogens is 2. The smallest absolute Gasteiger partial charge is 0.256 e. The SMILES string of the molecule is CS(=O)(=O)c1nccc(-c2cn(CC(F)F)cc2-c2cccnc2)n1. The second-order valence-electron chi connectivity index (χ2n) is 5.41. The van der Waals surface area contributed by atoms with Crippen LogP contribution in [0.5, 0.6) is 0 Å². The third-order valence-corrected chi connectivity index (χ3v) is 4.30. The Kier molecular flexibility index (Phi) is 4.58. The van der Waals surface area contributed by atoms with Crippen LogP contribution in [0.4, 0.5) is 8.78 Å². The van der Waals surface area contributed by atoms with Gasteiger partial charge in [-0.05, 0) is 12.1 Å². The van der Waals surface area contributed by atoms with E-state index in [-0.39, 0.29) is 5.16 Å². The van der Waals surface area contributed by atoms with Gasteiger partial charge < -0.3 is 4.57 Å². The summed E-state index contributed by atoms with van der Waals surface area (Å²) in [4.78, 5) is 11.9. The zero-order valence-electron chi connectivity index (χ0n) is 13.2. The van der Waals surface area contributed by atoms with Crippen molar-refractivity contribution in [2.45, 2.75) is 18.1 Å². The number of aromatic nitrogens is 4. The standard InChI is InChI=1S/C16H14F2N4O2S/c1-25(23,24)16-20-6-4-14(21-16)13-9-22(10-15(17)18)8-12(13)11-3-2-5-19-7-11/h2-9,15H,10H2,1H3. The maximum Gasteiger partial charge on any atom is 0.256 e. The number of nitrogens with zero attached hydrogens (tertiary/aromatic N) is 4. The third kappa shape index (κ3) is 3.87. The molecule has 0 aromatic carbocycles. The summed E-state index contributed by atoms with van der Waals surface area (Å²) in [7, 11) is -3.58. The summed E-state index contributed by atoms with van der Waals surface area (Å²) in [6.07, 6.45) is 6.12. The molecule has 0 spiro atoms. The molecular formula is C16H14F2N4O2S. The van der Waals surface area contributed by atoms with Crippen molar-refractivity contribution in [3.8, 4) is 22.4 Å². The number of pyridine rings is 1. The Morgan fingerprint density at radius 1 is 1.16 bits per heavy atom. The highest BCUT2D eigenvalue weighted by atomic mass is 32.2. The van der Waals surface area contributed by atoms with Crippen molar-refractivity contribution in [3.63, 3.8) is 0 Å². The number of sulfone groups is 1. The van der Waals surface area contributed by atoms with Crippen LogP contribution in [-0.4, -0.2) is 40.6 Å². The minimum Gasteiger partial charge on any atom is -0.347 e. The van der Waals surface area contributed by atoms with Crippen molar-refractivity contribution in [3.05, 3.63) is 49.2 Å². The van der Waals surface area contributed by atoms with Gasteiger partial charge in [-0.2, -0.15) is 0 Å². The lowest BCUT2D eigenvalue weighted by Gasteiger charge is -2.04. The molecule has 0 fully saturated rings. The van der Waals surface area contributed by atoms with E-state index in [2.05, 4.69) is 15.0 Å². The second kappa shape index (κ2) is 6.67. The molecule has 9 heteroatoms. The van der Waals surface area contributed by atoms with Gasteiger partial charge in [-0.15, -0.1) is 0 Å². The van der Waals surface area contributed by atoms with Gasteiger partial charge in [0.1, 0.15) is 0 Å². The number of alkyl halides is 2. The molecule has 3 rings (SSSR count). The fourth-order valence-corrected chi connectivity index (χ4v) is 2.91. The molecule has 6 nitrogen and oxygen atoms in total. The predicted molar refractivity (Wildman–Crippen MR) is 87.8 cm³/mol. The van der Waals surface area contributed by atoms with Gasteiger partial charge in [-0.3, -0.25) is 4.98 Å². The first-order valence-electron chi connectivity index (χ1n) is 7.26. The van der Waals surface area contributed by atoms with Crippen LogP contribution in [0.15, 0.2) is 54.3 Å². The number of rotatable bonds is 5. The lowest BCUT2D eigenvalue weighted by atomic mass is 10.0. The Morgan fingerprint density at radius 3 is 2.56 bits per heavy atom. The van der Waals surface area contributed by atoms with Gasteiger partial charge in [-0.1, -0.05) is 6.07 Å². The van der Waals surface area contributed by atoms with E-state index in [1.165, 1.54) is 23.0 Å². The molecule has 0 aliphatic heterocycles. The molecule has 0 aliphatic carbocycles. The first-order valence-corrected chi connectivity index (χ1v) is 9.15. The Hall–Kier alpha value is -2.68. The van der Waals surface area contributed by atoms with Gasteiger partial charge in [0.05, 0.1) is 12.2 Å². The lowest BCUT2D eigenvalue weighted by molar-refractivity contribution is 0.127. The molecule has 130 valence electrons. The van der Waals surface area contributed by atoms with Crippen molar-refractivity contribution in [2.24, 2.45) is 0 Å². The zero-order valence-corrected chi connectivity index (χ0v) is 14.0. The van der Waals surface area contributed by atoms with Crippen LogP contribution in [-0.2, 0) is 16.4 Å². The Balaban J connectivity index is 2.16. The van der Waals surface area contributed by atoms with Crippen LogP contribution in [0.1, 0.15) is 0 Å². The largest absolute Gasteiger partial charge is 0.347 e. The molecule has 0 N–H and O–H groups in total. The monoisotopic (exact) mass is 364 g/mol. The summed E-state index contributed by atoms with van der Waals surface area (Å²) >= 11 is 0. The first kappa shape index (κ1) is 17.2. The highest BCUT2D eigenvalue weighted by Gasteiger charge is 2.17. The van der Waals surface area contributed by atoms with E-state index in [4.69, 9.17) is 0 Å². The zero-order chi connectivity index (χ0) is 18.0. The molecule has 0 unspecified atom stereocenters. The van der Waals surface area contributed by atoms with Crippen LogP contribution in [0, 0.1) is 0 Å². The fourth-order valence-electron chi connectivity index (χ4n) is 2.40. The van der Waals surface area contributed by atoms with Gasteiger partial charge in [0.15, 0.2) is 0 Å². The summed E-state index contributed by atoms with van der Waals surface area (Å²) in [5, 5.41) is -0.316. The molecule has 0 radical (unpaired) electrons. The third-order valence-electron chi connectivity index (χ3n) is 3.44. The normalized spacial score (nSPS) is 11.8. The Labute approximate surface area is 143 Å². The van der Waals surface area contributed by atoms with E-state index in [1.54, 1.807) is 30.7 Å². The van der Waals surface area contributed by atoms with Crippen LogP contribution in [0.3, 0.4) is 0 Å². The summed E-state index contributed by atoms with van der Waals surface area (Å²) in [5.41, 5.74) is 2.21. The van der Waals surface area contributed by atoms with Crippen LogP contribution in [0.25, 0.3) is 22.4 Å². The molecule has 3 aromatic heterocycles. The summed E-state index contributed by atoms with van der Waals surface area (Å²) < 4.78 is 50.2. The van der Waals surface area contributed by atoms with Crippen molar-refractivity contribution in [1.29, 1.82) is 0 Å². The molecule has 3 aromatic rings. The van der Waals surface area contributed by atoms with E-state index < -0.39 is 22.8 Å². The molecule has 0 atom stereocenters. The molecule has 0 saturated heterocycles. The highest BCUT2D eigenvalue weighted by Crippen LogP contribution is 2.32. The fraction of sp³-hybridized carbons (Fsp3) is 0.188. The maximum absolute atomic E-state index is 12.7. The summed E-state index contributed by atoms with van der Waals surface area (Å²) in [6, 6.07) is 5.05. The van der Waals surface area contributed by atoms with Gasteiger partial charge >= 0.3 is 0 Å². The summed E-state index contributed by atoms with van der Waals surface area (Å²) in [6.45, 7) is -0.475. The average Bonchev–Trinajstić information content (AvgIpc) is 2.98. The molecule has 25 heavy (non-hydrogen) atoms. The minimum atomic E-state index is -3.58. The molecular weight excluding hydrogens is 350 g/mol. The van der Waals surface area contributed by atoms with Gasteiger partial charge in [-0.25, -0.2) is 27.2 Å². The molecule has 0 saturated carbocycles.